The van der Waals surface area contributed by atoms with Crippen LogP contribution in [0.3, 0.4) is 0 Å². The summed E-state index contributed by atoms with van der Waals surface area (Å²) in [5.41, 5.74) is 2.25. The van der Waals surface area contributed by atoms with Gasteiger partial charge in [0.05, 0.1) is 0 Å². The van der Waals surface area contributed by atoms with Crippen LogP contribution in [-0.4, -0.2) is 16.9 Å². The number of benzene rings is 1. The highest BCUT2D eigenvalue weighted by Crippen LogP contribution is 2.36. The number of hydrogen-bond acceptors (Lipinski definition) is 2. The number of carbonyl (C=O) groups is 2. The van der Waals surface area contributed by atoms with Crippen LogP contribution >= 0.6 is 0 Å². The van der Waals surface area contributed by atoms with Crippen molar-refractivity contribution in [3.8, 4) is 0 Å². The van der Waals surface area contributed by atoms with Gasteiger partial charge in [-0.1, -0.05) is 32.0 Å². The standard InChI is InChI=1S/C14H14O3/c1-14(2)8-10-7-9(4-6-12(15)16)3-5-11(10)13(14)17/h3-7H,8H2,1-2H3,(H,15,16)/b6-4+. The molecule has 0 heterocycles. The summed E-state index contributed by atoms with van der Waals surface area (Å²) in [4.78, 5) is 22.4. The molecule has 1 aliphatic carbocycles. The van der Waals surface area contributed by atoms with E-state index in [1.54, 1.807) is 18.2 Å². The van der Waals surface area contributed by atoms with Crippen LogP contribution in [0.1, 0.15) is 35.3 Å². The SMILES string of the molecule is CC1(C)Cc2cc(/C=C/C(=O)O)ccc2C1=O. The minimum absolute atomic E-state index is 0.168. The number of rotatable bonds is 2. The first-order chi connectivity index (χ1) is 7.90. The van der Waals surface area contributed by atoms with Gasteiger partial charge in [0.1, 0.15) is 0 Å². The van der Waals surface area contributed by atoms with Crippen LogP contribution in [0.5, 0.6) is 0 Å². The van der Waals surface area contributed by atoms with Crippen molar-refractivity contribution in [2.75, 3.05) is 0 Å². The van der Waals surface area contributed by atoms with E-state index in [-0.39, 0.29) is 11.2 Å². The van der Waals surface area contributed by atoms with Crippen molar-refractivity contribution in [1.29, 1.82) is 0 Å². The lowest BCUT2D eigenvalue weighted by Crippen LogP contribution is -2.18. The van der Waals surface area contributed by atoms with Gasteiger partial charge in [0, 0.05) is 17.1 Å². The Morgan fingerprint density at radius 1 is 1.41 bits per heavy atom. The van der Waals surface area contributed by atoms with Gasteiger partial charge in [0.25, 0.3) is 0 Å². The van der Waals surface area contributed by atoms with Crippen molar-refractivity contribution in [2.24, 2.45) is 5.41 Å². The van der Waals surface area contributed by atoms with Gasteiger partial charge in [-0.2, -0.15) is 0 Å². The summed E-state index contributed by atoms with van der Waals surface area (Å²) in [7, 11) is 0. The van der Waals surface area contributed by atoms with Crippen LogP contribution < -0.4 is 0 Å². The van der Waals surface area contributed by atoms with Crippen LogP contribution in [0, 0.1) is 5.41 Å². The summed E-state index contributed by atoms with van der Waals surface area (Å²) in [5, 5.41) is 8.55. The summed E-state index contributed by atoms with van der Waals surface area (Å²) in [6, 6.07) is 5.45. The molecule has 0 fully saturated rings. The van der Waals surface area contributed by atoms with E-state index < -0.39 is 5.97 Å². The molecule has 17 heavy (non-hydrogen) atoms. The van der Waals surface area contributed by atoms with E-state index in [9.17, 15) is 9.59 Å². The first-order valence-electron chi connectivity index (χ1n) is 5.49. The maximum atomic E-state index is 12.0. The third kappa shape index (κ3) is 2.13. The second-order valence-corrected chi connectivity index (χ2v) is 4.98. The molecule has 88 valence electrons. The van der Waals surface area contributed by atoms with Crippen LogP contribution in [0.4, 0.5) is 0 Å². The lowest BCUT2D eigenvalue weighted by molar-refractivity contribution is -0.131. The molecule has 0 unspecified atom stereocenters. The zero-order valence-electron chi connectivity index (χ0n) is 9.86. The van der Waals surface area contributed by atoms with E-state index in [4.69, 9.17) is 5.11 Å². The van der Waals surface area contributed by atoms with Gasteiger partial charge in [0.15, 0.2) is 5.78 Å². The predicted molar refractivity (Wildman–Crippen MR) is 64.9 cm³/mol. The largest absolute Gasteiger partial charge is 0.478 e. The fraction of sp³-hybridized carbons (Fsp3) is 0.286. The summed E-state index contributed by atoms with van der Waals surface area (Å²) in [5.74, 6) is -0.803. The fourth-order valence-corrected chi connectivity index (χ4v) is 2.17. The Labute approximate surface area is 99.8 Å². The number of aliphatic carboxylic acids is 1. The number of carboxylic acids is 1. The van der Waals surface area contributed by atoms with Gasteiger partial charge in [-0.25, -0.2) is 4.79 Å². The highest BCUT2D eigenvalue weighted by atomic mass is 16.4. The number of Topliss-reactive ketones (excluding diaryl/α,β-unsaturated/α-hetero) is 1. The van der Waals surface area contributed by atoms with Gasteiger partial charge in [-0.15, -0.1) is 0 Å². The Bertz CT molecular complexity index is 524. The van der Waals surface area contributed by atoms with Crippen molar-refractivity contribution < 1.29 is 14.7 Å². The molecule has 3 nitrogen and oxygen atoms in total. The quantitative estimate of drug-likeness (QED) is 0.794. The van der Waals surface area contributed by atoms with E-state index in [1.165, 1.54) is 0 Å². The molecule has 0 radical (unpaired) electrons. The molecule has 0 bridgehead atoms. The molecule has 0 saturated carbocycles. The third-order valence-electron chi connectivity index (χ3n) is 3.04. The van der Waals surface area contributed by atoms with Crippen molar-refractivity contribution in [1.82, 2.24) is 0 Å². The summed E-state index contributed by atoms with van der Waals surface area (Å²) in [6.45, 7) is 3.87. The molecule has 1 N–H and O–H groups in total. The second kappa shape index (κ2) is 3.84. The zero-order chi connectivity index (χ0) is 12.6. The maximum absolute atomic E-state index is 12.0. The van der Waals surface area contributed by atoms with Crippen LogP contribution in [-0.2, 0) is 11.2 Å². The Morgan fingerprint density at radius 3 is 2.76 bits per heavy atom. The molecular weight excluding hydrogens is 216 g/mol. The highest BCUT2D eigenvalue weighted by molar-refractivity contribution is 6.04. The number of carboxylic acid groups (broad SMARTS) is 1. The highest BCUT2D eigenvalue weighted by Gasteiger charge is 2.37. The summed E-state index contributed by atoms with van der Waals surface area (Å²) >= 11 is 0. The Morgan fingerprint density at radius 2 is 2.12 bits per heavy atom. The molecular formula is C14H14O3. The van der Waals surface area contributed by atoms with E-state index in [1.807, 2.05) is 19.9 Å². The van der Waals surface area contributed by atoms with Gasteiger partial charge < -0.3 is 5.11 Å². The first kappa shape index (κ1) is 11.6. The van der Waals surface area contributed by atoms with E-state index >= 15 is 0 Å². The lowest BCUT2D eigenvalue weighted by Gasteiger charge is -2.12. The number of ketones is 1. The number of fused-ring (bicyclic) bond motifs is 1. The average molecular weight is 230 g/mol. The van der Waals surface area contributed by atoms with E-state index in [0.717, 1.165) is 29.2 Å². The maximum Gasteiger partial charge on any atom is 0.328 e. The minimum atomic E-state index is -0.970. The average Bonchev–Trinajstić information content (AvgIpc) is 2.46. The molecule has 1 aromatic carbocycles. The smallest absolute Gasteiger partial charge is 0.328 e. The second-order valence-electron chi connectivity index (χ2n) is 4.98. The van der Waals surface area contributed by atoms with E-state index in [2.05, 4.69) is 0 Å². The first-order valence-corrected chi connectivity index (χ1v) is 5.49. The van der Waals surface area contributed by atoms with E-state index in [0.29, 0.717) is 0 Å². The van der Waals surface area contributed by atoms with Crippen molar-refractivity contribution >= 4 is 17.8 Å². The predicted octanol–water partition coefficient (Wildman–Crippen LogP) is 2.55. The summed E-state index contributed by atoms with van der Waals surface area (Å²) in [6.07, 6.45) is 3.36. The fourth-order valence-electron chi connectivity index (χ4n) is 2.17. The minimum Gasteiger partial charge on any atom is -0.478 e. The molecule has 1 aromatic rings. The van der Waals surface area contributed by atoms with Gasteiger partial charge in [0.2, 0.25) is 0 Å². The van der Waals surface area contributed by atoms with Gasteiger partial charge >= 0.3 is 5.97 Å². The molecule has 2 rings (SSSR count). The zero-order valence-corrected chi connectivity index (χ0v) is 9.86. The monoisotopic (exact) mass is 230 g/mol. The Hall–Kier alpha value is -1.90. The van der Waals surface area contributed by atoms with Crippen molar-refractivity contribution in [3.63, 3.8) is 0 Å². The Balaban J connectivity index is 2.36. The number of carbonyl (C=O) groups excluding carboxylic acids is 1. The Kier molecular flexibility index (Phi) is 2.62. The number of hydrogen-bond donors (Lipinski definition) is 1. The molecule has 3 heteroatoms. The van der Waals surface area contributed by atoms with Crippen molar-refractivity contribution in [3.05, 3.63) is 41.0 Å². The molecule has 0 aromatic heterocycles. The molecule has 0 aliphatic heterocycles. The van der Waals surface area contributed by atoms with Crippen LogP contribution in [0.25, 0.3) is 6.08 Å². The molecule has 0 saturated heterocycles. The topological polar surface area (TPSA) is 54.4 Å². The van der Waals surface area contributed by atoms with Crippen molar-refractivity contribution in [2.45, 2.75) is 20.3 Å². The van der Waals surface area contributed by atoms with Crippen LogP contribution in [0.2, 0.25) is 0 Å². The normalized spacial score (nSPS) is 17.4. The van der Waals surface area contributed by atoms with Gasteiger partial charge in [-0.05, 0) is 23.6 Å². The summed E-state index contributed by atoms with van der Waals surface area (Å²) < 4.78 is 0. The third-order valence-corrected chi connectivity index (χ3v) is 3.04. The molecule has 1 aliphatic rings. The molecule has 0 spiro atoms. The van der Waals surface area contributed by atoms with Crippen LogP contribution in [0.15, 0.2) is 24.3 Å². The lowest BCUT2D eigenvalue weighted by atomic mass is 9.89. The van der Waals surface area contributed by atoms with Gasteiger partial charge in [-0.3, -0.25) is 4.79 Å². The molecule has 0 amide bonds. The molecule has 0 atom stereocenters.